The number of aliphatic hydroxyl groups is 1. The zero-order chi connectivity index (χ0) is 21.6. The Balaban J connectivity index is 1.17. The van der Waals surface area contributed by atoms with E-state index in [4.69, 9.17) is 5.41 Å². The third-order valence-electron chi connectivity index (χ3n) is 8.20. The molecule has 0 aromatic rings. The van der Waals surface area contributed by atoms with Crippen LogP contribution in [0.5, 0.6) is 0 Å². The number of carbonyl (C=O) groups is 1. The summed E-state index contributed by atoms with van der Waals surface area (Å²) >= 11 is 0. The Morgan fingerprint density at radius 3 is 2.87 bits per heavy atom. The molecule has 1 saturated carbocycles. The quantitative estimate of drug-likeness (QED) is 0.475. The number of Topliss-reactive ketones (excluding diaryl/α,β-unsaturated/α-hetero) is 1. The second kappa shape index (κ2) is 10.9. The Kier molecular flexibility index (Phi) is 7.95. The third-order valence-corrected chi connectivity index (χ3v) is 8.20. The van der Waals surface area contributed by atoms with Crippen LogP contribution in [0, 0.1) is 23.2 Å². The van der Waals surface area contributed by atoms with Gasteiger partial charge in [0.05, 0.1) is 5.71 Å². The van der Waals surface area contributed by atoms with Gasteiger partial charge in [-0.15, -0.1) is 0 Å². The van der Waals surface area contributed by atoms with Gasteiger partial charge in [-0.3, -0.25) is 9.69 Å². The zero-order valence-electron chi connectivity index (χ0n) is 19.0. The molecule has 0 bridgehead atoms. The van der Waals surface area contributed by atoms with Crippen LogP contribution in [0.3, 0.4) is 0 Å². The van der Waals surface area contributed by atoms with Crippen molar-refractivity contribution in [1.82, 2.24) is 4.90 Å². The molecule has 4 rings (SSSR count). The van der Waals surface area contributed by atoms with Gasteiger partial charge in [0.2, 0.25) is 0 Å². The van der Waals surface area contributed by atoms with Crippen molar-refractivity contribution in [2.75, 3.05) is 6.54 Å². The second-order valence-electron chi connectivity index (χ2n) is 10.1. The van der Waals surface area contributed by atoms with Crippen molar-refractivity contribution in [3.63, 3.8) is 0 Å². The van der Waals surface area contributed by atoms with Crippen molar-refractivity contribution < 1.29 is 9.90 Å². The first-order valence-electron chi connectivity index (χ1n) is 12.7. The number of rotatable bonds is 9. The molecule has 5 unspecified atom stereocenters. The first-order valence-corrected chi connectivity index (χ1v) is 12.7. The molecule has 0 aromatic heterocycles. The molecule has 4 nitrogen and oxygen atoms in total. The Bertz CT molecular complexity index is 736. The molecular formula is C27H40N2O2. The smallest absolute Gasteiger partial charge is 0.176 e. The lowest BCUT2D eigenvalue weighted by molar-refractivity contribution is -0.113. The van der Waals surface area contributed by atoms with Gasteiger partial charge in [-0.2, -0.15) is 0 Å². The topological polar surface area (TPSA) is 64.4 Å². The summed E-state index contributed by atoms with van der Waals surface area (Å²) in [7, 11) is 0. The van der Waals surface area contributed by atoms with Gasteiger partial charge in [0, 0.05) is 19.0 Å². The SMILES string of the molecule is N=C(CCC1CC=CC2=CC=CCC21)C(=O)CCCC(O)N1CCCC2CCCCC21. The highest BCUT2D eigenvalue weighted by Gasteiger charge is 2.36. The van der Waals surface area contributed by atoms with Crippen LogP contribution in [-0.2, 0) is 4.79 Å². The number of fused-ring (bicyclic) bond motifs is 2. The maximum atomic E-state index is 12.5. The van der Waals surface area contributed by atoms with E-state index in [0.717, 1.165) is 31.7 Å². The number of hydrogen-bond donors (Lipinski definition) is 2. The second-order valence-corrected chi connectivity index (χ2v) is 10.1. The normalized spacial score (nSPS) is 31.5. The van der Waals surface area contributed by atoms with Crippen molar-refractivity contribution in [2.45, 2.75) is 95.7 Å². The fourth-order valence-corrected chi connectivity index (χ4v) is 6.43. The zero-order valence-corrected chi connectivity index (χ0v) is 19.0. The van der Waals surface area contributed by atoms with E-state index < -0.39 is 6.23 Å². The minimum atomic E-state index is -0.425. The number of likely N-dealkylation sites (tertiary alicyclic amines) is 1. The van der Waals surface area contributed by atoms with E-state index >= 15 is 0 Å². The number of piperidine rings is 1. The van der Waals surface area contributed by atoms with E-state index in [2.05, 4.69) is 35.3 Å². The van der Waals surface area contributed by atoms with Crippen LogP contribution in [0.1, 0.15) is 83.5 Å². The van der Waals surface area contributed by atoms with E-state index in [0.29, 0.717) is 43.6 Å². The van der Waals surface area contributed by atoms with E-state index in [9.17, 15) is 9.90 Å². The minimum absolute atomic E-state index is 0.0213. The molecule has 1 saturated heterocycles. The largest absolute Gasteiger partial charge is 0.378 e. The standard InChI is InChI=1S/C27H40N2O2/c28-24(18-17-21-11-5-10-20-8-1-3-13-23(20)21)26(30)15-6-16-27(31)29-19-7-12-22-9-2-4-14-25(22)29/h1,3,5,8,10,21-23,25,27-28,31H,2,4,6-7,9,11-19H2. The lowest BCUT2D eigenvalue weighted by Crippen LogP contribution is -2.51. The predicted molar refractivity (Wildman–Crippen MR) is 126 cm³/mol. The summed E-state index contributed by atoms with van der Waals surface area (Å²) in [5.41, 5.74) is 1.69. The molecule has 1 heterocycles. The van der Waals surface area contributed by atoms with Crippen molar-refractivity contribution in [3.05, 3.63) is 36.0 Å². The number of nitrogens with one attached hydrogen (secondary N) is 1. The van der Waals surface area contributed by atoms with Crippen LogP contribution in [0.25, 0.3) is 0 Å². The highest BCUT2D eigenvalue weighted by Crippen LogP contribution is 2.38. The molecule has 4 heteroatoms. The molecular weight excluding hydrogens is 384 g/mol. The predicted octanol–water partition coefficient (Wildman–Crippen LogP) is 5.58. The number of carbonyl (C=O) groups excluding carboxylic acids is 1. The van der Waals surface area contributed by atoms with Gasteiger partial charge in [-0.05, 0) is 87.5 Å². The number of ketones is 1. The summed E-state index contributed by atoms with van der Waals surface area (Å²) in [6.07, 6.45) is 23.7. The van der Waals surface area contributed by atoms with Gasteiger partial charge < -0.3 is 10.5 Å². The van der Waals surface area contributed by atoms with Crippen molar-refractivity contribution in [3.8, 4) is 0 Å². The average Bonchev–Trinajstić information content (AvgIpc) is 2.81. The molecule has 0 aromatic carbocycles. The molecule has 2 fully saturated rings. The summed E-state index contributed by atoms with van der Waals surface area (Å²) in [6, 6.07) is 0.546. The monoisotopic (exact) mass is 424 g/mol. The van der Waals surface area contributed by atoms with Gasteiger partial charge in [-0.1, -0.05) is 43.2 Å². The van der Waals surface area contributed by atoms with Crippen molar-refractivity contribution >= 4 is 11.5 Å². The summed E-state index contributed by atoms with van der Waals surface area (Å²) < 4.78 is 0. The van der Waals surface area contributed by atoms with Crippen LogP contribution in [0.2, 0.25) is 0 Å². The highest BCUT2D eigenvalue weighted by molar-refractivity contribution is 6.38. The number of nitrogens with zero attached hydrogens (tertiary/aromatic N) is 1. The molecule has 31 heavy (non-hydrogen) atoms. The fourth-order valence-electron chi connectivity index (χ4n) is 6.43. The van der Waals surface area contributed by atoms with Crippen molar-refractivity contribution in [1.29, 1.82) is 5.41 Å². The average molecular weight is 425 g/mol. The summed E-state index contributed by atoms with van der Waals surface area (Å²) in [5.74, 6) is 1.84. The van der Waals surface area contributed by atoms with E-state index in [1.165, 1.54) is 44.1 Å². The Labute approximate surface area is 188 Å². The fraction of sp³-hybridized carbons (Fsp3) is 0.704. The molecule has 5 atom stereocenters. The lowest BCUT2D eigenvalue weighted by atomic mass is 9.73. The van der Waals surface area contributed by atoms with Crippen LogP contribution < -0.4 is 0 Å². The van der Waals surface area contributed by atoms with Gasteiger partial charge in [0.15, 0.2) is 5.78 Å². The van der Waals surface area contributed by atoms with Gasteiger partial charge in [-0.25, -0.2) is 0 Å². The Morgan fingerprint density at radius 1 is 1.13 bits per heavy atom. The molecule has 2 N–H and O–H groups in total. The van der Waals surface area contributed by atoms with E-state index in [1.54, 1.807) is 0 Å². The third kappa shape index (κ3) is 5.64. The molecule has 3 aliphatic carbocycles. The van der Waals surface area contributed by atoms with Gasteiger partial charge >= 0.3 is 0 Å². The van der Waals surface area contributed by atoms with E-state index in [1.807, 2.05) is 0 Å². The summed E-state index contributed by atoms with van der Waals surface area (Å²) in [4.78, 5) is 14.9. The summed E-state index contributed by atoms with van der Waals surface area (Å²) in [5, 5.41) is 19.1. The first kappa shape index (κ1) is 22.7. The molecule has 170 valence electrons. The van der Waals surface area contributed by atoms with Crippen molar-refractivity contribution in [2.24, 2.45) is 17.8 Å². The molecule has 4 aliphatic rings. The minimum Gasteiger partial charge on any atom is -0.378 e. The van der Waals surface area contributed by atoms with Gasteiger partial charge in [0.25, 0.3) is 0 Å². The molecule has 0 radical (unpaired) electrons. The maximum absolute atomic E-state index is 12.5. The Hall–Kier alpha value is -1.52. The number of allylic oxidation sites excluding steroid dienone is 6. The molecule has 1 aliphatic heterocycles. The Morgan fingerprint density at radius 2 is 1.97 bits per heavy atom. The highest BCUT2D eigenvalue weighted by atomic mass is 16.3. The van der Waals surface area contributed by atoms with Gasteiger partial charge in [0.1, 0.15) is 6.23 Å². The number of hydrogen-bond acceptors (Lipinski definition) is 4. The van der Waals surface area contributed by atoms with Crippen LogP contribution >= 0.6 is 0 Å². The number of aliphatic hydroxyl groups excluding tert-OH is 1. The van der Waals surface area contributed by atoms with E-state index in [-0.39, 0.29) is 11.5 Å². The maximum Gasteiger partial charge on any atom is 0.176 e. The van der Waals surface area contributed by atoms with Crippen LogP contribution in [-0.4, -0.2) is 40.3 Å². The molecule has 0 amide bonds. The van der Waals surface area contributed by atoms with Crippen LogP contribution in [0.4, 0.5) is 0 Å². The first-order chi connectivity index (χ1) is 15.1. The summed E-state index contributed by atoms with van der Waals surface area (Å²) in [6.45, 7) is 0.995. The molecule has 0 spiro atoms. The lowest BCUT2D eigenvalue weighted by Gasteiger charge is -2.46. The van der Waals surface area contributed by atoms with Crippen LogP contribution in [0.15, 0.2) is 36.0 Å².